The van der Waals surface area contributed by atoms with Crippen LogP contribution in [0.3, 0.4) is 0 Å². The van der Waals surface area contributed by atoms with E-state index in [1.54, 1.807) is 7.05 Å². The summed E-state index contributed by atoms with van der Waals surface area (Å²) in [5.41, 5.74) is -0.00630. The van der Waals surface area contributed by atoms with Gasteiger partial charge in [-0.25, -0.2) is 4.98 Å². The SMILES string of the molecule is Cn1cc(C(=O)C(F)(F)F)c2cccnc21. The number of hydrogen-bond donors (Lipinski definition) is 0. The molecule has 16 heavy (non-hydrogen) atoms. The monoisotopic (exact) mass is 228 g/mol. The van der Waals surface area contributed by atoms with Crippen LogP contribution in [0.1, 0.15) is 10.4 Å². The number of aryl methyl sites for hydroxylation is 1. The normalized spacial score (nSPS) is 12.0. The van der Waals surface area contributed by atoms with Crippen LogP contribution in [0.15, 0.2) is 24.5 Å². The van der Waals surface area contributed by atoms with Crippen molar-refractivity contribution in [2.75, 3.05) is 0 Å². The molecule has 0 aromatic carbocycles. The molecule has 0 saturated heterocycles. The van der Waals surface area contributed by atoms with Crippen molar-refractivity contribution in [3.63, 3.8) is 0 Å². The first kappa shape index (κ1) is 10.7. The fourth-order valence-corrected chi connectivity index (χ4v) is 1.55. The van der Waals surface area contributed by atoms with Crippen LogP contribution >= 0.6 is 0 Å². The fraction of sp³-hybridized carbons (Fsp3) is 0.200. The van der Waals surface area contributed by atoms with Gasteiger partial charge in [0.05, 0.1) is 5.56 Å². The zero-order valence-electron chi connectivity index (χ0n) is 8.25. The summed E-state index contributed by atoms with van der Waals surface area (Å²) in [7, 11) is 1.54. The molecule has 2 rings (SSSR count). The van der Waals surface area contributed by atoms with Crippen molar-refractivity contribution in [2.45, 2.75) is 6.18 Å². The Labute approximate surface area is 88.5 Å². The molecule has 0 amide bonds. The molecule has 2 heterocycles. The highest BCUT2D eigenvalue weighted by atomic mass is 19.4. The Kier molecular flexibility index (Phi) is 2.22. The van der Waals surface area contributed by atoms with Crippen LogP contribution in [-0.4, -0.2) is 21.5 Å². The third-order valence-electron chi connectivity index (χ3n) is 2.24. The second-order valence-corrected chi connectivity index (χ2v) is 3.36. The van der Waals surface area contributed by atoms with Crippen LogP contribution in [0.4, 0.5) is 13.2 Å². The van der Waals surface area contributed by atoms with Gasteiger partial charge in [0, 0.05) is 24.8 Å². The van der Waals surface area contributed by atoms with Gasteiger partial charge in [-0.1, -0.05) is 0 Å². The van der Waals surface area contributed by atoms with E-state index in [0.717, 1.165) is 6.20 Å². The standard InChI is InChI=1S/C10H7F3N2O/c1-15-5-7(8(16)10(11,12)13)6-3-2-4-14-9(6)15/h2-5H,1H3. The van der Waals surface area contributed by atoms with Gasteiger partial charge in [-0.15, -0.1) is 0 Å². The van der Waals surface area contributed by atoms with Crippen LogP contribution < -0.4 is 0 Å². The Bertz CT molecular complexity index is 557. The molecule has 3 nitrogen and oxygen atoms in total. The van der Waals surface area contributed by atoms with E-state index < -0.39 is 12.0 Å². The quantitative estimate of drug-likeness (QED) is 0.702. The number of carbonyl (C=O) groups excluding carboxylic acids is 1. The Balaban J connectivity index is 2.67. The molecule has 2 aromatic heterocycles. The molecule has 6 heteroatoms. The predicted octanol–water partition coefficient (Wildman–Crippen LogP) is 2.32. The first-order valence-electron chi connectivity index (χ1n) is 4.43. The van der Waals surface area contributed by atoms with Crippen molar-refractivity contribution in [2.24, 2.45) is 7.05 Å². The van der Waals surface area contributed by atoms with Crippen molar-refractivity contribution in [3.05, 3.63) is 30.1 Å². The highest BCUT2D eigenvalue weighted by Crippen LogP contribution is 2.26. The van der Waals surface area contributed by atoms with E-state index >= 15 is 0 Å². The molecule has 0 spiro atoms. The van der Waals surface area contributed by atoms with Crippen molar-refractivity contribution in [1.82, 2.24) is 9.55 Å². The van der Waals surface area contributed by atoms with Crippen LogP contribution in [0.5, 0.6) is 0 Å². The van der Waals surface area contributed by atoms with Crippen LogP contribution in [0, 0.1) is 0 Å². The summed E-state index contributed by atoms with van der Waals surface area (Å²) in [4.78, 5) is 15.0. The predicted molar refractivity (Wildman–Crippen MR) is 51.1 cm³/mol. The topological polar surface area (TPSA) is 34.9 Å². The second kappa shape index (κ2) is 3.33. The lowest BCUT2D eigenvalue weighted by Gasteiger charge is -2.02. The first-order chi connectivity index (χ1) is 7.41. The second-order valence-electron chi connectivity index (χ2n) is 3.36. The molecule has 0 unspecified atom stereocenters. The van der Waals surface area contributed by atoms with Gasteiger partial charge in [0.25, 0.3) is 5.78 Å². The lowest BCUT2D eigenvalue weighted by molar-refractivity contribution is -0.0884. The largest absolute Gasteiger partial charge is 0.454 e. The molecule has 0 aliphatic rings. The summed E-state index contributed by atoms with van der Waals surface area (Å²) in [5.74, 6) is -1.84. The lowest BCUT2D eigenvalue weighted by atomic mass is 10.1. The number of halogens is 3. The van der Waals surface area contributed by atoms with Crippen LogP contribution in [-0.2, 0) is 7.05 Å². The fourth-order valence-electron chi connectivity index (χ4n) is 1.55. The number of nitrogens with zero attached hydrogens (tertiary/aromatic N) is 2. The van der Waals surface area contributed by atoms with Gasteiger partial charge in [-0.05, 0) is 12.1 Å². The minimum atomic E-state index is -4.86. The zero-order valence-corrected chi connectivity index (χ0v) is 8.25. The number of carbonyl (C=O) groups is 1. The molecule has 0 aliphatic carbocycles. The minimum absolute atomic E-state index is 0.215. The maximum Gasteiger partial charge on any atom is 0.454 e. The zero-order chi connectivity index (χ0) is 11.9. The maximum atomic E-state index is 12.3. The molecule has 2 aromatic rings. The van der Waals surface area contributed by atoms with E-state index in [-0.39, 0.29) is 10.9 Å². The van der Waals surface area contributed by atoms with Gasteiger partial charge in [-0.3, -0.25) is 4.79 Å². The van der Waals surface area contributed by atoms with Crippen molar-refractivity contribution >= 4 is 16.8 Å². The van der Waals surface area contributed by atoms with Crippen LogP contribution in [0.25, 0.3) is 11.0 Å². The lowest BCUT2D eigenvalue weighted by Crippen LogP contribution is -2.22. The Morgan fingerprint density at radius 1 is 1.44 bits per heavy atom. The third kappa shape index (κ3) is 1.56. The van der Waals surface area contributed by atoms with E-state index in [9.17, 15) is 18.0 Å². The Morgan fingerprint density at radius 2 is 2.12 bits per heavy atom. The molecular formula is C10H7F3N2O. The van der Waals surface area contributed by atoms with Crippen molar-refractivity contribution in [3.8, 4) is 0 Å². The third-order valence-corrected chi connectivity index (χ3v) is 2.24. The molecule has 0 N–H and O–H groups in total. The summed E-state index contributed by atoms with van der Waals surface area (Å²) in [5, 5.41) is 0.215. The van der Waals surface area contributed by atoms with E-state index in [2.05, 4.69) is 4.98 Å². The summed E-state index contributed by atoms with van der Waals surface area (Å²) in [6, 6.07) is 2.94. The number of pyridine rings is 1. The van der Waals surface area contributed by atoms with Crippen molar-refractivity contribution < 1.29 is 18.0 Å². The van der Waals surface area contributed by atoms with E-state index in [1.807, 2.05) is 0 Å². The number of rotatable bonds is 1. The molecule has 0 saturated carbocycles. The highest BCUT2D eigenvalue weighted by Gasteiger charge is 2.40. The van der Waals surface area contributed by atoms with Gasteiger partial charge in [0.1, 0.15) is 5.65 Å². The molecule has 0 fully saturated rings. The molecule has 84 valence electrons. The number of hydrogen-bond acceptors (Lipinski definition) is 2. The summed E-state index contributed by atoms with van der Waals surface area (Å²) >= 11 is 0. The van der Waals surface area contributed by atoms with Gasteiger partial charge in [0.15, 0.2) is 0 Å². The van der Waals surface area contributed by atoms with E-state index in [4.69, 9.17) is 0 Å². The Morgan fingerprint density at radius 3 is 2.75 bits per heavy atom. The van der Waals surface area contributed by atoms with Gasteiger partial charge < -0.3 is 4.57 Å². The number of fused-ring (bicyclic) bond motifs is 1. The van der Waals surface area contributed by atoms with E-state index in [1.165, 1.54) is 22.9 Å². The molecule has 0 radical (unpaired) electrons. The van der Waals surface area contributed by atoms with Crippen molar-refractivity contribution in [1.29, 1.82) is 0 Å². The first-order valence-corrected chi connectivity index (χ1v) is 4.43. The molecular weight excluding hydrogens is 221 g/mol. The number of aromatic nitrogens is 2. The molecule has 0 bridgehead atoms. The molecule has 0 aliphatic heterocycles. The molecule has 0 atom stereocenters. The smallest absolute Gasteiger partial charge is 0.335 e. The van der Waals surface area contributed by atoms with Gasteiger partial charge >= 0.3 is 6.18 Å². The Hall–Kier alpha value is -1.85. The van der Waals surface area contributed by atoms with Gasteiger partial charge in [-0.2, -0.15) is 13.2 Å². The summed E-state index contributed by atoms with van der Waals surface area (Å²) < 4.78 is 38.3. The average Bonchev–Trinajstić information content (AvgIpc) is 2.55. The van der Waals surface area contributed by atoms with E-state index in [0.29, 0.717) is 5.65 Å². The summed E-state index contributed by atoms with van der Waals surface area (Å²) in [6.45, 7) is 0. The number of Topliss-reactive ketones (excluding diaryl/α,β-unsaturated/α-hetero) is 1. The number of ketones is 1. The minimum Gasteiger partial charge on any atom is -0.335 e. The maximum absolute atomic E-state index is 12.3. The number of alkyl halides is 3. The summed E-state index contributed by atoms with van der Waals surface area (Å²) in [6.07, 6.45) is -2.25. The average molecular weight is 228 g/mol. The highest BCUT2D eigenvalue weighted by molar-refractivity contribution is 6.09. The van der Waals surface area contributed by atoms with Crippen LogP contribution in [0.2, 0.25) is 0 Å². The van der Waals surface area contributed by atoms with Gasteiger partial charge in [0.2, 0.25) is 0 Å².